The second kappa shape index (κ2) is 8.79. The maximum absolute atomic E-state index is 13.5. The van der Waals surface area contributed by atoms with Crippen LogP contribution in [0.5, 0.6) is 0 Å². The van der Waals surface area contributed by atoms with E-state index < -0.39 is 17.1 Å². The highest BCUT2D eigenvalue weighted by atomic mass is 79.9. The first kappa shape index (κ1) is 22.1. The number of aromatic nitrogens is 3. The van der Waals surface area contributed by atoms with Crippen molar-refractivity contribution < 1.29 is 9.18 Å². The van der Waals surface area contributed by atoms with Gasteiger partial charge in [0.1, 0.15) is 15.5 Å². The zero-order chi connectivity index (χ0) is 23.0. The van der Waals surface area contributed by atoms with Gasteiger partial charge in [0.2, 0.25) is 0 Å². The largest absolute Gasteiger partial charge is 0.347 e. The average molecular weight is 517 g/mol. The van der Waals surface area contributed by atoms with Gasteiger partial charge in [-0.25, -0.2) is 9.18 Å². The Hall–Kier alpha value is -3.11. The molecular weight excluding hydrogens is 499 g/mol. The Morgan fingerprint density at radius 1 is 1.19 bits per heavy atom. The summed E-state index contributed by atoms with van der Waals surface area (Å²) in [6.45, 7) is 3.77. The number of thiazole rings is 1. The van der Waals surface area contributed by atoms with Crippen LogP contribution < -0.4 is 16.6 Å². The van der Waals surface area contributed by atoms with Crippen molar-refractivity contribution in [1.82, 2.24) is 19.3 Å². The molecule has 3 heterocycles. The van der Waals surface area contributed by atoms with Crippen LogP contribution in [0.2, 0.25) is 0 Å². The van der Waals surface area contributed by atoms with Gasteiger partial charge in [-0.3, -0.25) is 23.5 Å². The van der Waals surface area contributed by atoms with Gasteiger partial charge in [-0.2, -0.15) is 0 Å². The third-order valence-electron chi connectivity index (χ3n) is 4.97. The highest BCUT2D eigenvalue weighted by molar-refractivity contribution is 9.10. The normalized spacial score (nSPS) is 11.1. The summed E-state index contributed by atoms with van der Waals surface area (Å²) in [4.78, 5) is 43.4. The lowest BCUT2D eigenvalue weighted by atomic mass is 10.2. The molecule has 3 aromatic heterocycles. The van der Waals surface area contributed by atoms with Crippen molar-refractivity contribution in [3.63, 3.8) is 0 Å². The third-order valence-corrected chi connectivity index (χ3v) is 6.78. The van der Waals surface area contributed by atoms with E-state index in [1.165, 1.54) is 28.8 Å². The summed E-state index contributed by atoms with van der Waals surface area (Å²) in [6.07, 6.45) is 3.13. The van der Waals surface area contributed by atoms with Crippen molar-refractivity contribution in [2.75, 3.05) is 0 Å². The van der Waals surface area contributed by atoms with E-state index in [0.29, 0.717) is 27.4 Å². The lowest BCUT2D eigenvalue weighted by Crippen LogP contribution is -2.38. The highest BCUT2D eigenvalue weighted by Crippen LogP contribution is 2.20. The van der Waals surface area contributed by atoms with Crippen LogP contribution in [0.4, 0.5) is 4.39 Å². The quantitative estimate of drug-likeness (QED) is 0.440. The first-order chi connectivity index (χ1) is 15.2. The lowest BCUT2D eigenvalue weighted by molar-refractivity contribution is 0.0954. The Bertz CT molecular complexity index is 1460. The molecule has 0 aliphatic rings. The number of nitrogens with zero attached hydrogens (tertiary/aromatic N) is 3. The number of hydrogen-bond donors (Lipinski definition) is 1. The average Bonchev–Trinajstić information content (AvgIpc) is 3.23. The smallest absolute Gasteiger partial charge is 0.336 e. The Labute approximate surface area is 194 Å². The van der Waals surface area contributed by atoms with E-state index in [0.717, 1.165) is 27.2 Å². The summed E-state index contributed by atoms with van der Waals surface area (Å²) in [6, 6.07) is 8.05. The molecule has 164 valence electrons. The lowest BCUT2D eigenvalue weighted by Gasteiger charge is -2.08. The molecular formula is C22H18BrFN4O3S. The fourth-order valence-corrected chi connectivity index (χ4v) is 4.63. The number of amides is 1. The van der Waals surface area contributed by atoms with Gasteiger partial charge in [0.15, 0.2) is 0 Å². The number of aryl methyl sites for hydroxylation is 2. The number of carbonyl (C=O) groups excluding carboxylic acids is 1. The monoisotopic (exact) mass is 516 g/mol. The van der Waals surface area contributed by atoms with Gasteiger partial charge >= 0.3 is 5.69 Å². The molecule has 32 heavy (non-hydrogen) atoms. The number of benzene rings is 1. The number of hydrogen-bond acceptors (Lipinski definition) is 5. The number of halogens is 2. The Morgan fingerprint density at radius 2 is 1.94 bits per heavy atom. The molecule has 0 unspecified atom stereocenters. The molecule has 0 aliphatic carbocycles. The van der Waals surface area contributed by atoms with Gasteiger partial charge in [0.05, 0.1) is 11.0 Å². The van der Waals surface area contributed by atoms with E-state index >= 15 is 0 Å². The minimum absolute atomic E-state index is 0.0157. The van der Waals surface area contributed by atoms with Crippen LogP contribution in [0.25, 0.3) is 4.83 Å². The van der Waals surface area contributed by atoms with E-state index in [-0.39, 0.29) is 16.9 Å². The molecule has 1 amide bonds. The molecule has 0 spiro atoms. The van der Waals surface area contributed by atoms with Gasteiger partial charge in [-0.15, -0.1) is 11.3 Å². The summed E-state index contributed by atoms with van der Waals surface area (Å²) < 4.78 is 16.1. The van der Waals surface area contributed by atoms with E-state index in [2.05, 4.69) is 26.2 Å². The molecule has 0 radical (unpaired) electrons. The minimum Gasteiger partial charge on any atom is -0.347 e. The van der Waals surface area contributed by atoms with Crippen molar-refractivity contribution in [2.24, 2.45) is 0 Å². The van der Waals surface area contributed by atoms with Crippen molar-refractivity contribution in [1.29, 1.82) is 0 Å². The predicted molar refractivity (Wildman–Crippen MR) is 124 cm³/mol. The maximum Gasteiger partial charge on any atom is 0.336 e. The molecule has 0 bridgehead atoms. The fraction of sp³-hybridized carbons (Fsp3) is 0.182. The van der Waals surface area contributed by atoms with Crippen LogP contribution in [-0.4, -0.2) is 19.9 Å². The van der Waals surface area contributed by atoms with Crippen molar-refractivity contribution in [3.8, 4) is 0 Å². The molecule has 4 aromatic rings. The van der Waals surface area contributed by atoms with Gasteiger partial charge in [-0.05, 0) is 59.1 Å². The Morgan fingerprint density at radius 3 is 2.62 bits per heavy atom. The van der Waals surface area contributed by atoms with Crippen molar-refractivity contribution >= 4 is 38.0 Å². The molecule has 10 heteroatoms. The number of fused-ring (bicyclic) bond motifs is 1. The standard InChI is InChI=1S/C22H18BrFN4O3S/c1-12-3-4-15(8-25-12)9-26-19(29)18-11-28-21(32-18)13(2)20(30)27(22(28)31)10-14-5-6-17(24)16(23)7-14/h3-8,11H,9-10H2,1-2H3,(H,26,29). The summed E-state index contributed by atoms with van der Waals surface area (Å²) in [7, 11) is 0. The van der Waals surface area contributed by atoms with Crippen LogP contribution in [0, 0.1) is 19.7 Å². The summed E-state index contributed by atoms with van der Waals surface area (Å²) in [5.41, 5.74) is 1.68. The molecule has 0 saturated heterocycles. The fourth-order valence-electron chi connectivity index (χ4n) is 3.20. The molecule has 0 aliphatic heterocycles. The van der Waals surface area contributed by atoms with Crippen LogP contribution in [0.3, 0.4) is 0 Å². The predicted octanol–water partition coefficient (Wildman–Crippen LogP) is 3.41. The first-order valence-corrected chi connectivity index (χ1v) is 11.2. The van der Waals surface area contributed by atoms with Crippen molar-refractivity contribution in [3.05, 3.63) is 101 Å². The van der Waals surface area contributed by atoms with Crippen LogP contribution in [-0.2, 0) is 13.1 Å². The summed E-state index contributed by atoms with van der Waals surface area (Å²) in [5.74, 6) is -0.779. The second-order valence-electron chi connectivity index (χ2n) is 7.31. The molecule has 0 atom stereocenters. The van der Waals surface area contributed by atoms with E-state index in [4.69, 9.17) is 0 Å². The summed E-state index contributed by atoms with van der Waals surface area (Å²) in [5, 5.41) is 2.81. The number of carbonyl (C=O) groups is 1. The molecule has 0 fully saturated rings. The van der Waals surface area contributed by atoms with E-state index in [1.54, 1.807) is 13.1 Å². The third kappa shape index (κ3) is 4.28. The first-order valence-electron chi connectivity index (χ1n) is 9.64. The van der Waals surface area contributed by atoms with Gasteiger partial charge in [0.25, 0.3) is 11.5 Å². The number of pyridine rings is 1. The molecule has 0 saturated carbocycles. The number of nitrogens with one attached hydrogen (secondary N) is 1. The van der Waals surface area contributed by atoms with Crippen molar-refractivity contribution in [2.45, 2.75) is 26.9 Å². The minimum atomic E-state index is -0.561. The number of rotatable bonds is 5. The SMILES string of the molecule is Cc1ccc(CNC(=O)c2cn3c(=O)n(Cc4ccc(F)c(Br)c4)c(=O)c(C)c3s2)cn1. The van der Waals surface area contributed by atoms with Crippen LogP contribution in [0.1, 0.15) is 32.1 Å². The Kier molecular flexibility index (Phi) is 6.07. The second-order valence-corrected chi connectivity index (χ2v) is 9.19. The zero-order valence-corrected chi connectivity index (χ0v) is 19.6. The molecule has 1 N–H and O–H groups in total. The topological polar surface area (TPSA) is 85.5 Å². The van der Waals surface area contributed by atoms with Crippen LogP contribution in [0.15, 0.2) is 56.8 Å². The Balaban J connectivity index is 1.65. The maximum atomic E-state index is 13.5. The summed E-state index contributed by atoms with van der Waals surface area (Å²) >= 11 is 4.19. The molecule has 1 aromatic carbocycles. The zero-order valence-electron chi connectivity index (χ0n) is 17.2. The van der Waals surface area contributed by atoms with Gasteiger partial charge in [-0.1, -0.05) is 12.1 Å². The molecule has 4 rings (SSSR count). The van der Waals surface area contributed by atoms with Crippen LogP contribution >= 0.6 is 27.3 Å². The van der Waals surface area contributed by atoms with E-state index in [9.17, 15) is 18.8 Å². The molecule has 7 nitrogen and oxygen atoms in total. The van der Waals surface area contributed by atoms with Gasteiger partial charge < -0.3 is 5.32 Å². The van der Waals surface area contributed by atoms with E-state index in [1.807, 2.05) is 19.1 Å². The highest BCUT2D eigenvalue weighted by Gasteiger charge is 2.18. The van der Waals surface area contributed by atoms with Gasteiger partial charge in [0, 0.05) is 30.2 Å².